The second-order valence-electron chi connectivity index (χ2n) is 2.70. The van der Waals surface area contributed by atoms with Crippen LogP contribution in [0.2, 0.25) is 0 Å². The molecule has 0 aliphatic carbocycles. The van der Waals surface area contributed by atoms with Crippen molar-refractivity contribution in [2.45, 2.75) is 19.9 Å². The lowest BCUT2D eigenvalue weighted by molar-refractivity contribution is 0.253. The number of aliphatic hydroxyl groups is 1. The molecule has 1 N–H and O–H groups in total. The molecule has 1 heterocycles. The van der Waals surface area contributed by atoms with Gasteiger partial charge in [0, 0.05) is 13.0 Å². The molecule has 0 aliphatic rings. The Kier molecular flexibility index (Phi) is 3.41. The molecule has 0 saturated heterocycles. The van der Waals surface area contributed by atoms with E-state index >= 15 is 0 Å². The molecule has 0 radical (unpaired) electrons. The number of rotatable bonds is 4. The number of aryl methyl sites for hydroxylation is 1. The average molecular weight is 180 g/mol. The van der Waals surface area contributed by atoms with Crippen molar-refractivity contribution in [3.63, 3.8) is 0 Å². The van der Waals surface area contributed by atoms with Crippen molar-refractivity contribution < 1.29 is 5.11 Å². The van der Waals surface area contributed by atoms with Crippen molar-refractivity contribution in [1.29, 1.82) is 5.26 Å². The first kappa shape index (κ1) is 9.68. The quantitative estimate of drug-likeness (QED) is 0.706. The fourth-order valence-corrected chi connectivity index (χ4v) is 1.08. The van der Waals surface area contributed by atoms with E-state index in [1.54, 1.807) is 4.68 Å². The Morgan fingerprint density at radius 3 is 3.08 bits per heavy atom. The summed E-state index contributed by atoms with van der Waals surface area (Å²) in [4.78, 5) is 4.01. The summed E-state index contributed by atoms with van der Waals surface area (Å²) in [6, 6.07) is 2.01. The van der Waals surface area contributed by atoms with E-state index in [0.717, 1.165) is 12.4 Å². The topological polar surface area (TPSA) is 74.7 Å². The van der Waals surface area contributed by atoms with Crippen molar-refractivity contribution in [3.05, 3.63) is 12.2 Å². The van der Waals surface area contributed by atoms with Crippen LogP contribution in [0.3, 0.4) is 0 Å². The molecule has 5 heteroatoms. The van der Waals surface area contributed by atoms with E-state index in [9.17, 15) is 0 Å². The van der Waals surface area contributed by atoms with Crippen LogP contribution in [0.25, 0.3) is 0 Å². The number of nitrogens with zero attached hydrogens (tertiary/aromatic N) is 4. The van der Waals surface area contributed by atoms with Crippen LogP contribution in [0.4, 0.5) is 0 Å². The minimum Gasteiger partial charge on any atom is -0.395 e. The zero-order valence-corrected chi connectivity index (χ0v) is 7.51. The van der Waals surface area contributed by atoms with Crippen LogP contribution in [-0.4, -0.2) is 26.5 Å². The first-order chi connectivity index (χ1) is 6.31. The summed E-state index contributed by atoms with van der Waals surface area (Å²) in [6.07, 6.45) is 1.92. The van der Waals surface area contributed by atoms with Gasteiger partial charge in [0.05, 0.1) is 18.6 Å². The van der Waals surface area contributed by atoms with Gasteiger partial charge in [-0.2, -0.15) is 10.4 Å². The second kappa shape index (κ2) is 4.58. The van der Waals surface area contributed by atoms with Crippen LogP contribution >= 0.6 is 0 Å². The van der Waals surface area contributed by atoms with E-state index < -0.39 is 0 Å². The van der Waals surface area contributed by atoms with E-state index in [1.165, 1.54) is 6.33 Å². The normalized spacial score (nSPS) is 12.4. The summed E-state index contributed by atoms with van der Waals surface area (Å²) in [5.41, 5.74) is 0. The Bertz CT molecular complexity index is 301. The third kappa shape index (κ3) is 2.26. The van der Waals surface area contributed by atoms with Crippen molar-refractivity contribution in [2.75, 3.05) is 6.61 Å². The van der Waals surface area contributed by atoms with E-state index in [2.05, 4.69) is 10.1 Å². The Labute approximate surface area is 76.6 Å². The number of hydrogen-bond acceptors (Lipinski definition) is 4. The predicted molar refractivity (Wildman–Crippen MR) is 45.6 cm³/mol. The molecule has 5 nitrogen and oxygen atoms in total. The Balaban J connectivity index is 2.68. The average Bonchev–Trinajstić information content (AvgIpc) is 2.61. The zero-order valence-electron chi connectivity index (χ0n) is 7.51. The maximum Gasteiger partial charge on any atom is 0.138 e. The van der Waals surface area contributed by atoms with Gasteiger partial charge in [0.25, 0.3) is 0 Å². The molecule has 13 heavy (non-hydrogen) atoms. The Morgan fingerprint density at radius 2 is 2.54 bits per heavy atom. The molecule has 1 unspecified atom stereocenters. The summed E-state index contributed by atoms with van der Waals surface area (Å²) in [7, 11) is 0. The molecule has 1 rings (SSSR count). The zero-order chi connectivity index (χ0) is 9.68. The van der Waals surface area contributed by atoms with Crippen LogP contribution in [0.5, 0.6) is 0 Å². The van der Waals surface area contributed by atoms with E-state index in [0.29, 0.717) is 6.42 Å². The summed E-state index contributed by atoms with van der Waals surface area (Å²) < 4.78 is 1.72. The molecule has 1 aromatic rings. The van der Waals surface area contributed by atoms with Crippen LogP contribution in [-0.2, 0) is 13.0 Å². The van der Waals surface area contributed by atoms with Gasteiger partial charge in [-0.3, -0.25) is 4.68 Å². The molecule has 0 saturated carbocycles. The standard InChI is InChI=1S/C8H12N4O/c1-2-12-8(10-6-11-12)3-7(4-9)5-13/h6-7,13H,2-3,5H2,1H3. The second-order valence-corrected chi connectivity index (χ2v) is 2.70. The lowest BCUT2D eigenvalue weighted by atomic mass is 10.1. The maximum atomic E-state index is 8.81. The number of aliphatic hydroxyl groups excluding tert-OH is 1. The summed E-state index contributed by atoms with van der Waals surface area (Å²) in [6.45, 7) is 2.56. The van der Waals surface area contributed by atoms with Crippen molar-refractivity contribution >= 4 is 0 Å². The molecule has 0 aliphatic heterocycles. The Hall–Kier alpha value is -1.41. The van der Waals surface area contributed by atoms with Gasteiger partial charge < -0.3 is 5.11 Å². The van der Waals surface area contributed by atoms with Crippen LogP contribution in [0.15, 0.2) is 6.33 Å². The van der Waals surface area contributed by atoms with Gasteiger partial charge in [-0.25, -0.2) is 4.98 Å². The fourth-order valence-electron chi connectivity index (χ4n) is 1.08. The van der Waals surface area contributed by atoms with Gasteiger partial charge in [0.2, 0.25) is 0 Å². The van der Waals surface area contributed by atoms with E-state index in [1.807, 2.05) is 13.0 Å². The minimum absolute atomic E-state index is 0.132. The van der Waals surface area contributed by atoms with Crippen molar-refractivity contribution in [3.8, 4) is 6.07 Å². The highest BCUT2D eigenvalue weighted by atomic mass is 16.3. The minimum atomic E-state index is -0.380. The van der Waals surface area contributed by atoms with Crippen LogP contribution in [0.1, 0.15) is 12.7 Å². The van der Waals surface area contributed by atoms with Gasteiger partial charge in [0.15, 0.2) is 0 Å². The largest absolute Gasteiger partial charge is 0.395 e. The molecular weight excluding hydrogens is 168 g/mol. The smallest absolute Gasteiger partial charge is 0.138 e. The Morgan fingerprint density at radius 1 is 1.77 bits per heavy atom. The fraction of sp³-hybridized carbons (Fsp3) is 0.625. The highest BCUT2D eigenvalue weighted by Gasteiger charge is 2.11. The number of nitriles is 1. The molecule has 0 spiro atoms. The molecule has 70 valence electrons. The van der Waals surface area contributed by atoms with Crippen LogP contribution < -0.4 is 0 Å². The predicted octanol–water partition coefficient (Wildman–Crippen LogP) is -0.0274. The lowest BCUT2D eigenvalue weighted by Gasteiger charge is -2.05. The highest BCUT2D eigenvalue weighted by Crippen LogP contribution is 2.04. The van der Waals surface area contributed by atoms with Crippen molar-refractivity contribution in [1.82, 2.24) is 14.8 Å². The first-order valence-corrected chi connectivity index (χ1v) is 4.19. The molecule has 1 atom stereocenters. The van der Waals surface area contributed by atoms with Gasteiger partial charge in [-0.05, 0) is 6.92 Å². The van der Waals surface area contributed by atoms with Crippen LogP contribution in [0, 0.1) is 17.2 Å². The molecule has 0 amide bonds. The maximum absolute atomic E-state index is 8.81. The molecule has 0 bridgehead atoms. The van der Waals surface area contributed by atoms with Gasteiger partial charge >= 0.3 is 0 Å². The molecule has 0 aromatic carbocycles. The lowest BCUT2D eigenvalue weighted by Crippen LogP contribution is -2.12. The SMILES string of the molecule is CCn1ncnc1CC(C#N)CO. The van der Waals surface area contributed by atoms with E-state index in [-0.39, 0.29) is 12.5 Å². The van der Waals surface area contributed by atoms with Crippen molar-refractivity contribution in [2.24, 2.45) is 5.92 Å². The number of aromatic nitrogens is 3. The molecule has 1 aromatic heterocycles. The van der Waals surface area contributed by atoms with E-state index in [4.69, 9.17) is 10.4 Å². The summed E-state index contributed by atoms with van der Waals surface area (Å²) >= 11 is 0. The highest BCUT2D eigenvalue weighted by molar-refractivity contribution is 4.94. The third-order valence-electron chi connectivity index (χ3n) is 1.83. The van der Waals surface area contributed by atoms with Gasteiger partial charge in [-0.15, -0.1) is 0 Å². The van der Waals surface area contributed by atoms with Gasteiger partial charge in [-0.1, -0.05) is 0 Å². The van der Waals surface area contributed by atoms with Gasteiger partial charge in [0.1, 0.15) is 12.2 Å². The summed E-state index contributed by atoms with van der Waals surface area (Å²) in [5, 5.41) is 21.4. The third-order valence-corrected chi connectivity index (χ3v) is 1.83. The molecular formula is C8H12N4O. The number of hydrogen-bond donors (Lipinski definition) is 1. The first-order valence-electron chi connectivity index (χ1n) is 4.19. The monoisotopic (exact) mass is 180 g/mol. The molecule has 0 fully saturated rings. The summed E-state index contributed by atoms with van der Waals surface area (Å²) in [5.74, 6) is 0.373.